The van der Waals surface area contributed by atoms with Crippen LogP contribution in [0, 0.1) is 6.92 Å². The summed E-state index contributed by atoms with van der Waals surface area (Å²) >= 11 is 0. The zero-order chi connectivity index (χ0) is 19.7. The van der Waals surface area contributed by atoms with Crippen LogP contribution in [0.4, 0.5) is 0 Å². The second-order valence-electron chi connectivity index (χ2n) is 7.33. The van der Waals surface area contributed by atoms with Crippen LogP contribution in [0.25, 0.3) is 10.9 Å². The fourth-order valence-electron chi connectivity index (χ4n) is 3.96. The highest BCUT2D eigenvalue weighted by molar-refractivity contribution is 6.05. The molecule has 1 atom stereocenters. The van der Waals surface area contributed by atoms with Crippen LogP contribution in [0.3, 0.4) is 0 Å². The molecule has 4 rings (SSSR count). The number of aromatic nitrogens is 1. The van der Waals surface area contributed by atoms with Gasteiger partial charge in [-0.1, -0.05) is 24.3 Å². The minimum atomic E-state index is -0.402. The van der Waals surface area contributed by atoms with Gasteiger partial charge in [-0.05, 0) is 31.9 Å². The van der Waals surface area contributed by atoms with Crippen LogP contribution in [-0.2, 0) is 27.2 Å². The van der Waals surface area contributed by atoms with Crippen molar-refractivity contribution in [1.82, 2.24) is 9.88 Å². The largest absolute Gasteiger partial charge is 0.458 e. The molecular formula is C22H24N2O4. The van der Waals surface area contributed by atoms with Crippen molar-refractivity contribution in [2.24, 2.45) is 0 Å². The normalized spacial score (nSPS) is 18.8. The van der Waals surface area contributed by atoms with E-state index in [1.165, 1.54) is 0 Å². The lowest BCUT2D eigenvalue weighted by Crippen LogP contribution is -2.42. The number of hydrogen-bond donors (Lipinski definition) is 0. The average molecular weight is 380 g/mol. The Bertz CT molecular complexity index is 947. The van der Waals surface area contributed by atoms with Crippen molar-refractivity contribution in [3.63, 3.8) is 0 Å². The van der Waals surface area contributed by atoms with E-state index in [4.69, 9.17) is 14.5 Å². The number of rotatable bonds is 4. The van der Waals surface area contributed by atoms with E-state index in [0.29, 0.717) is 31.7 Å². The molecule has 0 radical (unpaired) electrons. The lowest BCUT2D eigenvalue weighted by atomic mass is 9.94. The fraction of sp³-hybridized carbons (Fsp3) is 0.409. The molecule has 0 saturated carbocycles. The highest BCUT2D eigenvalue weighted by atomic mass is 16.5. The van der Waals surface area contributed by atoms with Crippen LogP contribution in [0.5, 0.6) is 0 Å². The Balaban J connectivity index is 1.77. The molecule has 1 saturated heterocycles. The van der Waals surface area contributed by atoms with E-state index in [9.17, 15) is 9.59 Å². The Morgan fingerprint density at radius 2 is 2.29 bits per heavy atom. The lowest BCUT2D eigenvalue weighted by Gasteiger charge is -2.31. The van der Waals surface area contributed by atoms with E-state index in [0.717, 1.165) is 40.6 Å². The summed E-state index contributed by atoms with van der Waals surface area (Å²) in [6, 6.07) is 5.86. The van der Waals surface area contributed by atoms with Crippen molar-refractivity contribution in [2.45, 2.75) is 38.8 Å². The smallest absolute Gasteiger partial charge is 0.339 e. The molecule has 3 heterocycles. The molecule has 0 spiro atoms. The first kappa shape index (κ1) is 18.6. The minimum absolute atomic E-state index is 0.00195. The highest BCUT2D eigenvalue weighted by Crippen LogP contribution is 2.30. The molecule has 6 heteroatoms. The standard InChI is InChI=1S/C22H24N2O4/c1-3-10-28-22(26)20-15-12-14(2)6-7-17(15)23-18-8-9-24(13-16(18)20)21(25)19-5-4-11-27-19/h3,6-7,12,19H,1,4-5,8-11,13H2,2H3. The molecule has 6 nitrogen and oxygen atoms in total. The van der Waals surface area contributed by atoms with Gasteiger partial charge < -0.3 is 14.4 Å². The first-order chi connectivity index (χ1) is 13.6. The van der Waals surface area contributed by atoms with E-state index >= 15 is 0 Å². The first-order valence-corrected chi connectivity index (χ1v) is 9.69. The van der Waals surface area contributed by atoms with Crippen LogP contribution in [0.2, 0.25) is 0 Å². The zero-order valence-electron chi connectivity index (χ0n) is 16.1. The fourth-order valence-corrected chi connectivity index (χ4v) is 3.96. The van der Waals surface area contributed by atoms with E-state index in [1.807, 2.05) is 25.1 Å². The number of amides is 1. The number of carbonyl (C=O) groups is 2. The predicted octanol–water partition coefficient (Wildman–Crippen LogP) is 2.95. The van der Waals surface area contributed by atoms with Crippen molar-refractivity contribution in [2.75, 3.05) is 19.8 Å². The van der Waals surface area contributed by atoms with Crippen LogP contribution in [0.15, 0.2) is 30.9 Å². The maximum Gasteiger partial charge on any atom is 0.339 e. The Kier molecular flexibility index (Phi) is 5.13. The predicted molar refractivity (Wildman–Crippen MR) is 105 cm³/mol. The van der Waals surface area contributed by atoms with E-state index < -0.39 is 5.97 Å². The summed E-state index contributed by atoms with van der Waals surface area (Å²) in [5.74, 6) is -0.404. The van der Waals surface area contributed by atoms with Gasteiger partial charge in [-0.15, -0.1) is 0 Å². The van der Waals surface area contributed by atoms with Gasteiger partial charge in [0.15, 0.2) is 0 Å². The summed E-state index contributed by atoms with van der Waals surface area (Å²) in [6.45, 7) is 7.29. The molecule has 1 unspecified atom stereocenters. The summed E-state index contributed by atoms with van der Waals surface area (Å²) in [4.78, 5) is 32.3. The summed E-state index contributed by atoms with van der Waals surface area (Å²) < 4.78 is 10.9. The van der Waals surface area contributed by atoms with Gasteiger partial charge in [0.05, 0.1) is 11.1 Å². The molecule has 1 amide bonds. The SMILES string of the molecule is C=CCOC(=O)c1c2c(nc3ccc(C)cc13)CCN(C(=O)C1CCCO1)C2. The third-order valence-corrected chi connectivity index (χ3v) is 5.35. The van der Waals surface area contributed by atoms with E-state index in [1.54, 1.807) is 11.0 Å². The molecule has 28 heavy (non-hydrogen) atoms. The Labute approximate surface area is 164 Å². The van der Waals surface area contributed by atoms with Gasteiger partial charge in [-0.3, -0.25) is 9.78 Å². The van der Waals surface area contributed by atoms with Gasteiger partial charge in [-0.2, -0.15) is 0 Å². The quantitative estimate of drug-likeness (QED) is 0.603. The molecule has 2 aromatic rings. The van der Waals surface area contributed by atoms with Gasteiger partial charge >= 0.3 is 5.97 Å². The van der Waals surface area contributed by atoms with Crippen molar-refractivity contribution in [3.8, 4) is 0 Å². The number of hydrogen-bond acceptors (Lipinski definition) is 5. The van der Waals surface area contributed by atoms with Crippen LogP contribution < -0.4 is 0 Å². The summed E-state index contributed by atoms with van der Waals surface area (Å²) in [5.41, 5.74) is 3.96. The number of benzene rings is 1. The lowest BCUT2D eigenvalue weighted by molar-refractivity contribution is -0.141. The average Bonchev–Trinajstić information content (AvgIpc) is 3.24. The molecule has 146 valence electrons. The van der Waals surface area contributed by atoms with Gasteiger partial charge in [0, 0.05) is 42.8 Å². The molecule has 1 aromatic heterocycles. The molecule has 1 fully saturated rings. The molecule has 0 bridgehead atoms. The molecule has 2 aliphatic heterocycles. The second kappa shape index (κ2) is 7.72. The Morgan fingerprint density at radius 3 is 3.04 bits per heavy atom. The maximum absolute atomic E-state index is 12.9. The van der Waals surface area contributed by atoms with Crippen molar-refractivity contribution < 1.29 is 19.1 Å². The number of pyridine rings is 1. The van der Waals surface area contributed by atoms with Crippen molar-refractivity contribution in [3.05, 3.63) is 53.2 Å². The summed E-state index contributed by atoms with van der Waals surface area (Å²) in [5, 5.41) is 0.763. The summed E-state index contributed by atoms with van der Waals surface area (Å²) in [6.07, 6.45) is 3.45. The molecule has 0 N–H and O–H groups in total. The maximum atomic E-state index is 12.9. The van der Waals surface area contributed by atoms with Crippen molar-refractivity contribution in [1.29, 1.82) is 0 Å². The number of ether oxygens (including phenoxy) is 2. The van der Waals surface area contributed by atoms with Crippen LogP contribution in [0.1, 0.15) is 40.0 Å². The Hall–Kier alpha value is -2.73. The van der Waals surface area contributed by atoms with Crippen molar-refractivity contribution >= 4 is 22.8 Å². The minimum Gasteiger partial charge on any atom is -0.458 e. The third-order valence-electron chi connectivity index (χ3n) is 5.35. The molecular weight excluding hydrogens is 356 g/mol. The second-order valence-corrected chi connectivity index (χ2v) is 7.33. The number of esters is 1. The topological polar surface area (TPSA) is 68.7 Å². The first-order valence-electron chi connectivity index (χ1n) is 9.69. The van der Waals surface area contributed by atoms with E-state index in [2.05, 4.69) is 6.58 Å². The number of fused-ring (bicyclic) bond motifs is 2. The van der Waals surface area contributed by atoms with Crippen LogP contribution >= 0.6 is 0 Å². The van der Waals surface area contributed by atoms with Gasteiger partial charge in [0.25, 0.3) is 5.91 Å². The third kappa shape index (κ3) is 3.40. The number of aryl methyl sites for hydroxylation is 1. The van der Waals surface area contributed by atoms with E-state index in [-0.39, 0.29) is 18.6 Å². The number of nitrogens with zero attached hydrogens (tertiary/aromatic N) is 2. The van der Waals surface area contributed by atoms with Gasteiger partial charge in [0.1, 0.15) is 12.7 Å². The number of carbonyl (C=O) groups excluding carboxylic acids is 2. The van der Waals surface area contributed by atoms with Gasteiger partial charge in [-0.25, -0.2) is 4.79 Å². The molecule has 0 aliphatic carbocycles. The monoisotopic (exact) mass is 380 g/mol. The molecule has 2 aliphatic rings. The summed E-state index contributed by atoms with van der Waals surface area (Å²) in [7, 11) is 0. The van der Waals surface area contributed by atoms with Crippen LogP contribution in [-0.4, -0.2) is 47.6 Å². The van der Waals surface area contributed by atoms with Gasteiger partial charge in [0.2, 0.25) is 0 Å². The Morgan fingerprint density at radius 1 is 1.43 bits per heavy atom. The zero-order valence-corrected chi connectivity index (χ0v) is 16.1. The molecule has 1 aromatic carbocycles. The highest BCUT2D eigenvalue weighted by Gasteiger charge is 2.33.